The maximum atomic E-state index is 11.8. The molecule has 0 aromatic rings. The highest BCUT2D eigenvalue weighted by molar-refractivity contribution is 5.69. The van der Waals surface area contributed by atoms with Crippen LogP contribution < -0.4 is 0 Å². The van der Waals surface area contributed by atoms with E-state index in [1.54, 1.807) is 7.05 Å². The zero-order valence-electron chi connectivity index (χ0n) is 29.0. The molecule has 262 valence electrons. The van der Waals surface area contributed by atoms with Crippen LogP contribution in [0.25, 0.3) is 0 Å². The molecular weight excluding hydrogens is 566 g/mol. The summed E-state index contributed by atoms with van der Waals surface area (Å²) in [7, 11) is 1.68. The van der Waals surface area contributed by atoms with E-state index in [-0.39, 0.29) is 18.7 Å². The van der Waals surface area contributed by atoms with E-state index >= 15 is 0 Å². The van der Waals surface area contributed by atoms with Gasteiger partial charge >= 0.3 is 12.1 Å². The van der Waals surface area contributed by atoms with Gasteiger partial charge < -0.3 is 38.1 Å². The van der Waals surface area contributed by atoms with Gasteiger partial charge in [0.1, 0.15) is 12.2 Å². The number of rotatable bonds is 32. The number of unbranched alkanes of at least 4 members (excludes halogenated alkanes) is 12. The number of carbonyl (C=O) groups excluding carboxylic acids is 2. The molecule has 0 aliphatic rings. The van der Waals surface area contributed by atoms with Crippen molar-refractivity contribution >= 4 is 12.1 Å². The van der Waals surface area contributed by atoms with Gasteiger partial charge in [-0.3, -0.25) is 4.79 Å². The van der Waals surface area contributed by atoms with Crippen molar-refractivity contribution in [2.24, 2.45) is 0 Å². The monoisotopic (exact) mass is 633 g/mol. The Kier molecular flexibility index (Phi) is 30.5. The molecule has 0 rings (SSSR count). The van der Waals surface area contributed by atoms with Crippen molar-refractivity contribution in [2.45, 2.75) is 123 Å². The molecule has 0 fully saturated rings. The first-order chi connectivity index (χ1) is 21.3. The molecule has 10 heteroatoms. The second-order valence-electron chi connectivity index (χ2n) is 12.2. The fourth-order valence-electron chi connectivity index (χ4n) is 4.19. The molecule has 44 heavy (non-hydrogen) atoms. The summed E-state index contributed by atoms with van der Waals surface area (Å²) in [5.41, 5.74) is -0.507. The molecule has 0 unspecified atom stereocenters. The Morgan fingerprint density at radius 1 is 0.523 bits per heavy atom. The first kappa shape index (κ1) is 42.5. The zero-order chi connectivity index (χ0) is 32.6. The van der Waals surface area contributed by atoms with Gasteiger partial charge in [-0.15, -0.1) is 0 Å². The first-order valence-electron chi connectivity index (χ1n) is 17.2. The van der Waals surface area contributed by atoms with E-state index in [4.69, 9.17) is 33.2 Å². The molecular formula is C34H67NO9. The van der Waals surface area contributed by atoms with Crippen LogP contribution in [0.4, 0.5) is 4.79 Å². The predicted molar refractivity (Wildman–Crippen MR) is 174 cm³/mol. The van der Waals surface area contributed by atoms with Crippen molar-refractivity contribution in [3.8, 4) is 0 Å². The van der Waals surface area contributed by atoms with Crippen LogP contribution in [-0.2, 0) is 38.0 Å². The van der Waals surface area contributed by atoms with Crippen LogP contribution in [0, 0.1) is 0 Å². The molecule has 0 radical (unpaired) electrons. The van der Waals surface area contributed by atoms with E-state index in [1.165, 1.54) is 75.5 Å². The molecule has 0 saturated carbocycles. The van der Waals surface area contributed by atoms with E-state index in [0.717, 1.165) is 12.8 Å². The normalized spacial score (nSPS) is 11.6. The summed E-state index contributed by atoms with van der Waals surface area (Å²) in [4.78, 5) is 25.2. The van der Waals surface area contributed by atoms with E-state index in [9.17, 15) is 9.59 Å². The van der Waals surface area contributed by atoms with E-state index in [1.807, 2.05) is 20.8 Å². The second kappa shape index (κ2) is 31.5. The van der Waals surface area contributed by atoms with Crippen molar-refractivity contribution in [3.63, 3.8) is 0 Å². The standard InChI is InChI=1S/C34H67NO9/c1-6-7-8-9-10-11-12-13-14-15-16-17-18-19-32(36)43-31-30-42-29-28-41-27-26-40-25-24-39-23-22-38-21-20-35(5)33(37)44-34(2,3)4/h6-31H2,1-5H3. The van der Waals surface area contributed by atoms with Gasteiger partial charge in [-0.2, -0.15) is 0 Å². The number of esters is 1. The molecule has 0 saturated heterocycles. The number of carbonyl (C=O) groups is 2. The van der Waals surface area contributed by atoms with E-state index in [2.05, 4.69) is 6.92 Å². The predicted octanol–water partition coefficient (Wildman–Crippen LogP) is 6.96. The van der Waals surface area contributed by atoms with E-state index < -0.39 is 5.60 Å². The van der Waals surface area contributed by atoms with Crippen molar-refractivity contribution in [1.29, 1.82) is 0 Å². The number of hydrogen-bond donors (Lipinski definition) is 0. The minimum absolute atomic E-state index is 0.135. The van der Waals surface area contributed by atoms with Gasteiger partial charge in [0.15, 0.2) is 0 Å². The van der Waals surface area contributed by atoms with Gasteiger partial charge in [0, 0.05) is 20.0 Å². The highest BCUT2D eigenvalue weighted by Crippen LogP contribution is 2.13. The lowest BCUT2D eigenvalue weighted by atomic mass is 10.0. The molecule has 0 aliphatic heterocycles. The largest absolute Gasteiger partial charge is 0.463 e. The quantitative estimate of drug-likeness (QED) is 0.0575. The fraction of sp³-hybridized carbons (Fsp3) is 0.941. The second-order valence-corrected chi connectivity index (χ2v) is 12.2. The highest BCUT2D eigenvalue weighted by atomic mass is 16.6. The first-order valence-corrected chi connectivity index (χ1v) is 17.2. The lowest BCUT2D eigenvalue weighted by Crippen LogP contribution is -2.36. The van der Waals surface area contributed by atoms with Gasteiger partial charge in [-0.1, -0.05) is 84.0 Å². The number of amides is 1. The summed E-state index contributed by atoms with van der Waals surface area (Å²) < 4.78 is 37.9. The lowest BCUT2D eigenvalue weighted by molar-refractivity contribution is -0.145. The average Bonchev–Trinajstić information content (AvgIpc) is 2.97. The van der Waals surface area contributed by atoms with Gasteiger partial charge in [-0.05, 0) is 27.2 Å². The summed E-state index contributed by atoms with van der Waals surface area (Å²) in [6, 6.07) is 0. The molecule has 0 bridgehead atoms. The number of nitrogens with zero attached hydrogens (tertiary/aromatic N) is 1. The Hall–Kier alpha value is -1.46. The summed E-state index contributed by atoms with van der Waals surface area (Å²) in [6.07, 6.45) is 17.0. The summed E-state index contributed by atoms with van der Waals surface area (Å²) >= 11 is 0. The van der Waals surface area contributed by atoms with E-state index in [0.29, 0.717) is 79.0 Å². The molecule has 0 aliphatic carbocycles. The fourth-order valence-corrected chi connectivity index (χ4v) is 4.19. The minimum Gasteiger partial charge on any atom is -0.463 e. The molecule has 0 aromatic heterocycles. The number of likely N-dealkylation sites (N-methyl/N-ethyl adjacent to an activating group) is 1. The Labute approximate surface area is 269 Å². The van der Waals surface area contributed by atoms with Crippen molar-refractivity contribution in [3.05, 3.63) is 0 Å². The number of ether oxygens (including phenoxy) is 7. The molecule has 0 aromatic carbocycles. The lowest BCUT2D eigenvalue weighted by Gasteiger charge is -2.24. The smallest absolute Gasteiger partial charge is 0.410 e. The molecule has 0 spiro atoms. The van der Waals surface area contributed by atoms with Gasteiger partial charge in [0.2, 0.25) is 0 Å². The molecule has 0 N–H and O–H groups in total. The Morgan fingerprint density at radius 3 is 1.30 bits per heavy atom. The third-order valence-electron chi connectivity index (χ3n) is 6.74. The van der Waals surface area contributed by atoms with Gasteiger partial charge in [-0.25, -0.2) is 4.79 Å². The topological polar surface area (TPSA) is 102 Å². The summed E-state index contributed by atoms with van der Waals surface area (Å²) in [6.45, 7) is 13.1. The number of hydrogen-bond acceptors (Lipinski definition) is 9. The van der Waals surface area contributed by atoms with Crippen LogP contribution in [-0.4, -0.2) is 109 Å². The van der Waals surface area contributed by atoms with Crippen molar-refractivity contribution in [2.75, 3.05) is 86.3 Å². The van der Waals surface area contributed by atoms with Crippen LogP contribution in [0.2, 0.25) is 0 Å². The third-order valence-corrected chi connectivity index (χ3v) is 6.74. The van der Waals surface area contributed by atoms with Crippen LogP contribution in [0.3, 0.4) is 0 Å². The third kappa shape index (κ3) is 33.4. The van der Waals surface area contributed by atoms with Gasteiger partial charge in [0.05, 0.1) is 66.1 Å². The van der Waals surface area contributed by atoms with Crippen LogP contribution in [0.5, 0.6) is 0 Å². The van der Waals surface area contributed by atoms with Crippen LogP contribution in [0.15, 0.2) is 0 Å². The Bertz CT molecular complexity index is 643. The Balaban J connectivity index is 3.25. The van der Waals surface area contributed by atoms with Gasteiger partial charge in [0.25, 0.3) is 0 Å². The zero-order valence-corrected chi connectivity index (χ0v) is 29.0. The molecule has 10 nitrogen and oxygen atoms in total. The summed E-state index contributed by atoms with van der Waals surface area (Å²) in [5, 5.41) is 0. The minimum atomic E-state index is -0.507. The SMILES string of the molecule is CCCCCCCCCCCCCCCC(=O)OCCOCCOCCOCCOCCOCCN(C)C(=O)OC(C)(C)C. The van der Waals surface area contributed by atoms with Crippen LogP contribution in [0.1, 0.15) is 118 Å². The van der Waals surface area contributed by atoms with Crippen molar-refractivity contribution in [1.82, 2.24) is 4.90 Å². The molecule has 0 atom stereocenters. The maximum Gasteiger partial charge on any atom is 0.410 e. The Morgan fingerprint density at radius 2 is 0.886 bits per heavy atom. The average molecular weight is 634 g/mol. The molecule has 0 heterocycles. The highest BCUT2D eigenvalue weighted by Gasteiger charge is 2.19. The molecule has 1 amide bonds. The summed E-state index contributed by atoms with van der Waals surface area (Å²) in [5.74, 6) is -0.135. The van der Waals surface area contributed by atoms with Crippen LogP contribution >= 0.6 is 0 Å². The van der Waals surface area contributed by atoms with Crippen molar-refractivity contribution < 1.29 is 42.7 Å². The maximum absolute atomic E-state index is 11.8.